The van der Waals surface area contributed by atoms with Gasteiger partial charge in [-0.3, -0.25) is 10.1 Å². The van der Waals surface area contributed by atoms with Gasteiger partial charge < -0.3 is 9.47 Å². The second-order valence-corrected chi connectivity index (χ2v) is 3.05. The number of nitrogens with zero attached hydrogens (tertiary/aromatic N) is 1. The number of rotatable bonds is 4. The van der Waals surface area contributed by atoms with Crippen molar-refractivity contribution in [1.82, 2.24) is 0 Å². The zero-order chi connectivity index (χ0) is 12.1. The third-order valence-corrected chi connectivity index (χ3v) is 1.95. The van der Waals surface area contributed by atoms with Gasteiger partial charge in [-0.05, 0) is 19.1 Å². The first kappa shape index (κ1) is 12.1. The molecule has 0 N–H and O–H groups in total. The molecule has 16 heavy (non-hydrogen) atoms. The maximum atomic E-state index is 11.3. The normalized spacial score (nSPS) is 11.9. The number of non-ortho nitro benzene ring substituents is 1. The third kappa shape index (κ3) is 3.03. The van der Waals surface area contributed by atoms with Crippen molar-refractivity contribution in [3.05, 3.63) is 34.4 Å². The van der Waals surface area contributed by atoms with Crippen LogP contribution in [-0.4, -0.2) is 24.1 Å². The van der Waals surface area contributed by atoms with E-state index in [1.807, 2.05) is 0 Å². The Labute approximate surface area is 91.9 Å². The smallest absolute Gasteiger partial charge is 0.340 e. The van der Waals surface area contributed by atoms with Crippen molar-refractivity contribution >= 4 is 11.7 Å². The molecular formula is C10H11NO5. The molecule has 1 unspecified atom stereocenters. The van der Waals surface area contributed by atoms with Gasteiger partial charge in [-0.15, -0.1) is 0 Å². The lowest BCUT2D eigenvalue weighted by molar-refractivity contribution is -0.384. The summed E-state index contributed by atoms with van der Waals surface area (Å²) in [6, 6.07) is 5.25. The van der Waals surface area contributed by atoms with E-state index in [0.717, 1.165) is 0 Å². The second kappa shape index (κ2) is 5.22. The Morgan fingerprint density at radius 1 is 1.38 bits per heavy atom. The topological polar surface area (TPSA) is 78.7 Å². The summed E-state index contributed by atoms with van der Waals surface area (Å²) in [5.41, 5.74) is -0.0559. The summed E-state index contributed by atoms with van der Waals surface area (Å²) < 4.78 is 9.68. The largest absolute Gasteiger partial charge is 0.425 e. The van der Waals surface area contributed by atoms with Crippen LogP contribution >= 0.6 is 0 Å². The van der Waals surface area contributed by atoms with Gasteiger partial charge in [0.15, 0.2) is 6.10 Å². The van der Waals surface area contributed by atoms with Gasteiger partial charge in [0.25, 0.3) is 5.69 Å². The highest BCUT2D eigenvalue weighted by Crippen LogP contribution is 2.17. The Morgan fingerprint density at radius 3 is 2.38 bits per heavy atom. The fourth-order valence-electron chi connectivity index (χ4n) is 0.931. The summed E-state index contributed by atoms with van der Waals surface area (Å²) in [7, 11) is 1.39. The number of hydrogen-bond donors (Lipinski definition) is 0. The maximum absolute atomic E-state index is 11.3. The number of ether oxygens (including phenoxy) is 2. The van der Waals surface area contributed by atoms with E-state index in [1.54, 1.807) is 6.92 Å². The number of carbonyl (C=O) groups is 1. The minimum atomic E-state index is -0.671. The van der Waals surface area contributed by atoms with Gasteiger partial charge in [0.05, 0.1) is 4.92 Å². The molecule has 0 bridgehead atoms. The highest BCUT2D eigenvalue weighted by Gasteiger charge is 2.14. The Balaban J connectivity index is 2.69. The van der Waals surface area contributed by atoms with Crippen LogP contribution in [0.5, 0.6) is 5.75 Å². The van der Waals surface area contributed by atoms with Gasteiger partial charge in [-0.2, -0.15) is 0 Å². The van der Waals surface area contributed by atoms with E-state index in [1.165, 1.54) is 31.4 Å². The minimum absolute atomic E-state index is 0.0559. The number of nitro groups is 1. The Bertz CT molecular complexity index is 387. The molecule has 6 nitrogen and oxygen atoms in total. The number of methoxy groups -OCH3 is 1. The molecule has 1 aromatic rings. The molecule has 1 rings (SSSR count). The van der Waals surface area contributed by atoms with Gasteiger partial charge >= 0.3 is 5.97 Å². The lowest BCUT2D eigenvalue weighted by atomic mass is 10.3. The van der Waals surface area contributed by atoms with E-state index in [0.29, 0.717) is 0 Å². The molecule has 1 atom stereocenters. The number of hydrogen-bond acceptors (Lipinski definition) is 5. The van der Waals surface area contributed by atoms with Crippen molar-refractivity contribution in [2.45, 2.75) is 13.0 Å². The van der Waals surface area contributed by atoms with Crippen molar-refractivity contribution in [3.63, 3.8) is 0 Å². The van der Waals surface area contributed by atoms with Crippen molar-refractivity contribution < 1.29 is 19.2 Å². The quantitative estimate of drug-likeness (QED) is 0.336. The summed E-state index contributed by atoms with van der Waals surface area (Å²) >= 11 is 0. The summed E-state index contributed by atoms with van der Waals surface area (Å²) in [6.45, 7) is 1.55. The first-order valence-electron chi connectivity index (χ1n) is 4.53. The Kier molecular flexibility index (Phi) is 3.96. The first-order chi connectivity index (χ1) is 7.54. The molecular weight excluding hydrogens is 214 g/mol. The van der Waals surface area contributed by atoms with Gasteiger partial charge in [0.2, 0.25) is 0 Å². The van der Waals surface area contributed by atoms with Crippen LogP contribution < -0.4 is 4.74 Å². The van der Waals surface area contributed by atoms with Gasteiger partial charge in [-0.1, -0.05) is 0 Å². The highest BCUT2D eigenvalue weighted by molar-refractivity contribution is 5.76. The van der Waals surface area contributed by atoms with Crippen LogP contribution in [0, 0.1) is 10.1 Å². The SMILES string of the molecule is COC(C)C(=O)Oc1ccc([N+](=O)[O-])cc1. The highest BCUT2D eigenvalue weighted by atomic mass is 16.6. The van der Waals surface area contributed by atoms with Crippen LogP contribution in [0.2, 0.25) is 0 Å². The third-order valence-electron chi connectivity index (χ3n) is 1.95. The molecule has 0 aliphatic carbocycles. The summed E-state index contributed by atoms with van der Waals surface area (Å²) in [5, 5.41) is 10.4. The summed E-state index contributed by atoms with van der Waals surface area (Å²) in [4.78, 5) is 21.1. The standard InChI is InChI=1S/C10H11NO5/c1-7(15-2)10(12)16-9-5-3-8(4-6-9)11(13)14/h3-7H,1-2H3. The molecule has 0 amide bonds. The molecule has 1 aromatic carbocycles. The zero-order valence-electron chi connectivity index (χ0n) is 8.88. The van der Waals surface area contributed by atoms with E-state index in [4.69, 9.17) is 9.47 Å². The van der Waals surface area contributed by atoms with Gasteiger partial charge in [0, 0.05) is 19.2 Å². The van der Waals surface area contributed by atoms with E-state index < -0.39 is 17.0 Å². The molecule has 6 heteroatoms. The fraction of sp³-hybridized carbons (Fsp3) is 0.300. The van der Waals surface area contributed by atoms with Crippen molar-refractivity contribution in [3.8, 4) is 5.75 Å². The fourth-order valence-corrected chi connectivity index (χ4v) is 0.931. The predicted molar refractivity (Wildman–Crippen MR) is 55.2 cm³/mol. The average molecular weight is 225 g/mol. The first-order valence-corrected chi connectivity index (χ1v) is 4.53. The van der Waals surface area contributed by atoms with Crippen molar-refractivity contribution in [2.24, 2.45) is 0 Å². The number of benzene rings is 1. The minimum Gasteiger partial charge on any atom is -0.425 e. The molecule has 0 radical (unpaired) electrons. The average Bonchev–Trinajstić information content (AvgIpc) is 2.28. The van der Waals surface area contributed by atoms with Crippen LogP contribution in [-0.2, 0) is 9.53 Å². The van der Waals surface area contributed by atoms with E-state index in [9.17, 15) is 14.9 Å². The van der Waals surface area contributed by atoms with E-state index in [2.05, 4.69) is 0 Å². The van der Waals surface area contributed by atoms with Gasteiger partial charge in [0.1, 0.15) is 5.75 Å². The number of carbonyl (C=O) groups excluding carboxylic acids is 1. The Hall–Kier alpha value is -1.95. The lowest BCUT2D eigenvalue weighted by Gasteiger charge is -2.08. The summed E-state index contributed by atoms with van der Waals surface area (Å²) in [5.74, 6) is -0.296. The molecule has 0 aliphatic rings. The van der Waals surface area contributed by atoms with Gasteiger partial charge in [-0.25, -0.2) is 4.79 Å². The molecule has 0 spiro atoms. The van der Waals surface area contributed by atoms with Crippen molar-refractivity contribution in [2.75, 3.05) is 7.11 Å². The molecule has 0 heterocycles. The van der Waals surface area contributed by atoms with Crippen LogP contribution in [0.15, 0.2) is 24.3 Å². The zero-order valence-corrected chi connectivity index (χ0v) is 8.88. The second-order valence-electron chi connectivity index (χ2n) is 3.05. The number of esters is 1. The van der Waals surface area contributed by atoms with Crippen molar-refractivity contribution in [1.29, 1.82) is 0 Å². The predicted octanol–water partition coefficient (Wildman–Crippen LogP) is 1.54. The van der Waals surface area contributed by atoms with Crippen LogP contribution in [0.3, 0.4) is 0 Å². The molecule has 0 saturated heterocycles. The molecule has 86 valence electrons. The molecule has 0 aromatic heterocycles. The maximum Gasteiger partial charge on any atom is 0.340 e. The van der Waals surface area contributed by atoms with Crippen LogP contribution in [0.4, 0.5) is 5.69 Å². The van der Waals surface area contributed by atoms with E-state index in [-0.39, 0.29) is 11.4 Å². The number of nitro benzene ring substituents is 1. The summed E-state index contributed by atoms with van der Waals surface area (Å²) in [6.07, 6.45) is -0.671. The van der Waals surface area contributed by atoms with Crippen LogP contribution in [0.25, 0.3) is 0 Å². The monoisotopic (exact) mass is 225 g/mol. The van der Waals surface area contributed by atoms with Crippen LogP contribution in [0.1, 0.15) is 6.92 Å². The van der Waals surface area contributed by atoms with E-state index >= 15 is 0 Å². The molecule has 0 saturated carbocycles. The Morgan fingerprint density at radius 2 is 1.94 bits per heavy atom. The molecule has 0 fully saturated rings. The lowest BCUT2D eigenvalue weighted by Crippen LogP contribution is -2.24. The molecule has 0 aliphatic heterocycles.